The number of carboxylic acids is 1. The Balaban J connectivity index is 2.52. The van der Waals surface area contributed by atoms with Gasteiger partial charge in [0.15, 0.2) is 0 Å². The molecule has 0 radical (unpaired) electrons. The molecule has 0 spiro atoms. The summed E-state index contributed by atoms with van der Waals surface area (Å²) in [6, 6.07) is -0.710. The first-order valence-corrected chi connectivity index (χ1v) is 6.69. The zero-order chi connectivity index (χ0) is 13.7. The maximum absolute atomic E-state index is 12.0. The molecule has 0 aliphatic heterocycles. The van der Waals surface area contributed by atoms with Crippen LogP contribution < -0.4 is 11.1 Å². The number of hydrogen-bond donors (Lipinski definition) is 3. The van der Waals surface area contributed by atoms with Gasteiger partial charge in [-0.25, -0.2) is 4.79 Å². The molecule has 0 aromatic carbocycles. The fourth-order valence-corrected chi connectivity index (χ4v) is 2.45. The van der Waals surface area contributed by atoms with Crippen molar-refractivity contribution >= 4 is 11.9 Å². The fraction of sp³-hybridized carbons (Fsp3) is 0.846. The molecular weight excluding hydrogens is 232 g/mol. The predicted octanol–water partition coefficient (Wildman–Crippen LogP) is 1.12. The van der Waals surface area contributed by atoms with Crippen molar-refractivity contribution in [2.45, 2.75) is 58.0 Å². The van der Waals surface area contributed by atoms with Gasteiger partial charge in [-0.1, -0.05) is 20.3 Å². The third-order valence-electron chi connectivity index (χ3n) is 3.41. The van der Waals surface area contributed by atoms with Gasteiger partial charge in [-0.15, -0.1) is 0 Å². The van der Waals surface area contributed by atoms with Crippen LogP contribution in [-0.4, -0.2) is 29.1 Å². The van der Waals surface area contributed by atoms with Crippen LogP contribution in [0.3, 0.4) is 0 Å². The summed E-state index contributed by atoms with van der Waals surface area (Å²) in [4.78, 5) is 23.1. The molecule has 0 aromatic heterocycles. The van der Waals surface area contributed by atoms with E-state index in [9.17, 15) is 9.59 Å². The Morgan fingerprint density at radius 2 is 2.06 bits per heavy atom. The smallest absolute Gasteiger partial charge is 0.326 e. The first-order chi connectivity index (χ1) is 8.40. The molecule has 1 amide bonds. The monoisotopic (exact) mass is 256 g/mol. The SMILES string of the molecule is CC(C)C[C@@H](NC(=O)C1CCCC(N)C1)C(=O)O. The number of rotatable bonds is 5. The average molecular weight is 256 g/mol. The molecule has 3 atom stereocenters. The summed E-state index contributed by atoms with van der Waals surface area (Å²) >= 11 is 0. The molecule has 1 aliphatic carbocycles. The molecule has 18 heavy (non-hydrogen) atoms. The molecule has 0 saturated heterocycles. The maximum atomic E-state index is 12.0. The Morgan fingerprint density at radius 3 is 2.56 bits per heavy atom. The highest BCUT2D eigenvalue weighted by atomic mass is 16.4. The number of carboxylic acid groups (broad SMARTS) is 1. The number of carbonyl (C=O) groups excluding carboxylic acids is 1. The minimum atomic E-state index is -0.961. The Kier molecular flexibility index (Phi) is 5.59. The largest absolute Gasteiger partial charge is 0.480 e. The van der Waals surface area contributed by atoms with Crippen molar-refractivity contribution in [3.63, 3.8) is 0 Å². The molecule has 1 rings (SSSR count). The standard InChI is InChI=1S/C13H24N2O3/c1-8(2)6-11(13(17)18)15-12(16)9-4-3-5-10(14)7-9/h8-11H,3-7,14H2,1-2H3,(H,15,16)(H,17,18)/t9?,10?,11-/m1/s1. The van der Waals surface area contributed by atoms with E-state index in [2.05, 4.69) is 5.32 Å². The maximum Gasteiger partial charge on any atom is 0.326 e. The number of hydrogen-bond acceptors (Lipinski definition) is 3. The highest BCUT2D eigenvalue weighted by molar-refractivity contribution is 5.85. The molecule has 0 heterocycles. The summed E-state index contributed by atoms with van der Waals surface area (Å²) in [5, 5.41) is 11.7. The summed E-state index contributed by atoms with van der Waals surface area (Å²) in [5.74, 6) is -1.00. The Morgan fingerprint density at radius 1 is 1.39 bits per heavy atom. The van der Waals surface area contributed by atoms with E-state index in [0.29, 0.717) is 12.8 Å². The first-order valence-electron chi connectivity index (χ1n) is 6.69. The number of amides is 1. The second-order valence-corrected chi connectivity index (χ2v) is 5.65. The van der Waals surface area contributed by atoms with Crippen LogP contribution in [0.5, 0.6) is 0 Å². The van der Waals surface area contributed by atoms with Crippen LogP contribution in [0, 0.1) is 11.8 Å². The van der Waals surface area contributed by atoms with Crippen molar-refractivity contribution < 1.29 is 14.7 Å². The topological polar surface area (TPSA) is 92.4 Å². The molecule has 2 unspecified atom stereocenters. The number of carbonyl (C=O) groups is 2. The lowest BCUT2D eigenvalue weighted by molar-refractivity contribution is -0.143. The van der Waals surface area contributed by atoms with Crippen LogP contribution >= 0.6 is 0 Å². The van der Waals surface area contributed by atoms with Crippen molar-refractivity contribution in [2.75, 3.05) is 0 Å². The molecule has 1 aliphatic rings. The third-order valence-corrected chi connectivity index (χ3v) is 3.41. The summed E-state index contributed by atoms with van der Waals surface area (Å²) < 4.78 is 0. The van der Waals surface area contributed by atoms with E-state index in [1.54, 1.807) is 0 Å². The van der Waals surface area contributed by atoms with Crippen molar-refractivity contribution in [2.24, 2.45) is 17.6 Å². The summed E-state index contributed by atoms with van der Waals surface area (Å²) in [6.45, 7) is 3.89. The van der Waals surface area contributed by atoms with Crippen molar-refractivity contribution in [1.29, 1.82) is 0 Å². The van der Waals surface area contributed by atoms with Gasteiger partial charge in [0.1, 0.15) is 6.04 Å². The van der Waals surface area contributed by atoms with Gasteiger partial charge in [-0.05, 0) is 31.6 Å². The van der Waals surface area contributed by atoms with Crippen molar-refractivity contribution in [1.82, 2.24) is 5.32 Å². The van der Waals surface area contributed by atoms with Crippen LogP contribution in [0.2, 0.25) is 0 Å². The third kappa shape index (κ3) is 4.64. The van der Waals surface area contributed by atoms with E-state index in [0.717, 1.165) is 19.3 Å². The van der Waals surface area contributed by atoms with Gasteiger partial charge in [-0.2, -0.15) is 0 Å². The molecule has 5 nitrogen and oxygen atoms in total. The van der Waals surface area contributed by atoms with Gasteiger partial charge < -0.3 is 16.2 Å². The molecule has 4 N–H and O–H groups in total. The Labute approximate surface area is 108 Å². The Hall–Kier alpha value is -1.10. The second kappa shape index (κ2) is 6.73. The van der Waals surface area contributed by atoms with Gasteiger partial charge in [-0.3, -0.25) is 4.79 Å². The van der Waals surface area contributed by atoms with Crippen LogP contribution in [0.1, 0.15) is 46.0 Å². The molecule has 1 fully saturated rings. The van der Waals surface area contributed by atoms with Gasteiger partial charge in [0.25, 0.3) is 0 Å². The minimum absolute atomic E-state index is 0.0721. The van der Waals surface area contributed by atoms with Crippen LogP contribution in [0.15, 0.2) is 0 Å². The molecule has 1 saturated carbocycles. The zero-order valence-corrected chi connectivity index (χ0v) is 11.2. The number of nitrogens with one attached hydrogen (secondary N) is 1. The highest BCUT2D eigenvalue weighted by Gasteiger charge is 2.29. The lowest BCUT2D eigenvalue weighted by atomic mass is 9.85. The first kappa shape index (κ1) is 15.0. The lowest BCUT2D eigenvalue weighted by Gasteiger charge is -2.27. The molecule has 0 bridgehead atoms. The summed E-state index contributed by atoms with van der Waals surface area (Å²) in [5.41, 5.74) is 5.84. The lowest BCUT2D eigenvalue weighted by Crippen LogP contribution is -2.46. The van der Waals surface area contributed by atoms with Crippen LogP contribution in [-0.2, 0) is 9.59 Å². The van der Waals surface area contributed by atoms with Crippen LogP contribution in [0.25, 0.3) is 0 Å². The van der Waals surface area contributed by atoms with Gasteiger partial charge in [0.2, 0.25) is 5.91 Å². The Bertz CT molecular complexity index is 305. The fourth-order valence-electron chi connectivity index (χ4n) is 2.45. The minimum Gasteiger partial charge on any atom is -0.480 e. The average Bonchev–Trinajstić information content (AvgIpc) is 2.27. The zero-order valence-electron chi connectivity index (χ0n) is 11.2. The number of nitrogens with two attached hydrogens (primary N) is 1. The van der Waals surface area contributed by atoms with Crippen LogP contribution in [0.4, 0.5) is 0 Å². The quantitative estimate of drug-likeness (QED) is 0.687. The van der Waals surface area contributed by atoms with Crippen molar-refractivity contribution in [3.8, 4) is 0 Å². The van der Waals surface area contributed by atoms with Gasteiger partial charge in [0, 0.05) is 12.0 Å². The molecule has 5 heteroatoms. The normalized spacial score (nSPS) is 25.8. The van der Waals surface area contributed by atoms with Gasteiger partial charge in [0.05, 0.1) is 0 Å². The summed E-state index contributed by atoms with van der Waals surface area (Å²) in [6.07, 6.45) is 3.84. The van der Waals surface area contributed by atoms with E-state index in [4.69, 9.17) is 10.8 Å². The van der Waals surface area contributed by atoms with Gasteiger partial charge >= 0.3 is 5.97 Å². The number of aliphatic carboxylic acids is 1. The van der Waals surface area contributed by atoms with E-state index >= 15 is 0 Å². The predicted molar refractivity (Wildman–Crippen MR) is 69.0 cm³/mol. The summed E-state index contributed by atoms with van der Waals surface area (Å²) in [7, 11) is 0. The molecular formula is C13H24N2O3. The highest BCUT2D eigenvalue weighted by Crippen LogP contribution is 2.23. The second-order valence-electron chi connectivity index (χ2n) is 5.65. The van der Waals surface area contributed by atoms with E-state index in [1.807, 2.05) is 13.8 Å². The van der Waals surface area contributed by atoms with E-state index < -0.39 is 12.0 Å². The van der Waals surface area contributed by atoms with E-state index in [-0.39, 0.29) is 23.8 Å². The van der Waals surface area contributed by atoms with Crippen molar-refractivity contribution in [3.05, 3.63) is 0 Å². The molecule has 0 aromatic rings. The van der Waals surface area contributed by atoms with E-state index in [1.165, 1.54) is 0 Å². The molecule has 104 valence electrons.